The first-order valence-corrected chi connectivity index (χ1v) is 6.07. The second-order valence-corrected chi connectivity index (χ2v) is 4.47. The van der Waals surface area contributed by atoms with Crippen molar-refractivity contribution in [2.24, 2.45) is 0 Å². The van der Waals surface area contributed by atoms with Crippen LogP contribution in [0.5, 0.6) is 0 Å². The van der Waals surface area contributed by atoms with Crippen LogP contribution in [0, 0.1) is 18.2 Å². The Kier molecular flexibility index (Phi) is 5.17. The lowest BCUT2D eigenvalue weighted by Gasteiger charge is -2.14. The van der Waals surface area contributed by atoms with Crippen LogP contribution in [0.15, 0.2) is 22.7 Å². The van der Waals surface area contributed by atoms with E-state index in [9.17, 15) is 9.18 Å². The minimum atomic E-state index is -0.391. The van der Waals surface area contributed by atoms with Gasteiger partial charge in [-0.15, -0.1) is 12.3 Å². The zero-order valence-electron chi connectivity index (χ0n) is 9.47. The molecule has 17 heavy (non-hydrogen) atoms. The highest BCUT2D eigenvalue weighted by atomic mass is 79.9. The molecule has 1 rings (SSSR count). The molecule has 0 spiro atoms. The Morgan fingerprint density at radius 3 is 2.88 bits per heavy atom. The molecule has 0 saturated carbocycles. The summed E-state index contributed by atoms with van der Waals surface area (Å²) < 4.78 is 13.3. The van der Waals surface area contributed by atoms with Crippen LogP contribution in [0.2, 0.25) is 0 Å². The summed E-state index contributed by atoms with van der Waals surface area (Å²) in [6.07, 6.45) is 6.46. The summed E-state index contributed by atoms with van der Waals surface area (Å²) in [5.74, 6) is 1.88. The van der Waals surface area contributed by atoms with E-state index >= 15 is 0 Å². The molecule has 1 unspecified atom stereocenters. The van der Waals surface area contributed by atoms with Crippen LogP contribution < -0.4 is 5.32 Å². The Labute approximate surface area is 109 Å². The lowest BCUT2D eigenvalue weighted by molar-refractivity contribution is 0.0936. The van der Waals surface area contributed by atoms with Gasteiger partial charge in [-0.1, -0.05) is 6.92 Å². The number of benzene rings is 1. The van der Waals surface area contributed by atoms with Crippen molar-refractivity contribution in [3.63, 3.8) is 0 Å². The molecule has 0 fully saturated rings. The average Bonchev–Trinajstić information content (AvgIpc) is 2.31. The van der Waals surface area contributed by atoms with E-state index in [-0.39, 0.29) is 16.4 Å². The van der Waals surface area contributed by atoms with Crippen molar-refractivity contribution in [3.05, 3.63) is 34.1 Å². The van der Waals surface area contributed by atoms with Crippen LogP contribution in [0.3, 0.4) is 0 Å². The molecule has 0 aromatic heterocycles. The molecule has 1 N–H and O–H groups in total. The Bertz CT molecular complexity index is 453. The highest BCUT2D eigenvalue weighted by Crippen LogP contribution is 2.17. The van der Waals surface area contributed by atoms with Gasteiger partial charge >= 0.3 is 0 Å². The summed E-state index contributed by atoms with van der Waals surface area (Å²) in [6.45, 7) is 1.95. The molecule has 0 heterocycles. The number of terminal acetylenes is 1. The predicted octanol–water partition coefficient (Wildman–Crippen LogP) is 3.12. The molecule has 0 aliphatic heterocycles. The molecule has 2 nitrogen and oxygen atoms in total. The number of rotatable bonds is 4. The van der Waals surface area contributed by atoms with E-state index in [4.69, 9.17) is 6.42 Å². The first-order valence-electron chi connectivity index (χ1n) is 5.27. The Balaban J connectivity index is 2.76. The third-order valence-electron chi connectivity index (χ3n) is 2.37. The zero-order valence-corrected chi connectivity index (χ0v) is 11.1. The van der Waals surface area contributed by atoms with Gasteiger partial charge in [-0.25, -0.2) is 4.39 Å². The summed E-state index contributed by atoms with van der Waals surface area (Å²) in [5, 5.41) is 2.81. The maximum absolute atomic E-state index is 13.0. The molecule has 90 valence electrons. The van der Waals surface area contributed by atoms with Crippen LogP contribution in [-0.2, 0) is 0 Å². The van der Waals surface area contributed by atoms with Crippen molar-refractivity contribution in [3.8, 4) is 12.3 Å². The van der Waals surface area contributed by atoms with Gasteiger partial charge in [0, 0.05) is 18.0 Å². The molecule has 1 aromatic carbocycles. The van der Waals surface area contributed by atoms with E-state index < -0.39 is 5.82 Å². The van der Waals surface area contributed by atoms with Crippen LogP contribution in [-0.4, -0.2) is 11.9 Å². The zero-order chi connectivity index (χ0) is 12.8. The van der Waals surface area contributed by atoms with Crippen molar-refractivity contribution in [2.75, 3.05) is 0 Å². The second kappa shape index (κ2) is 6.41. The topological polar surface area (TPSA) is 29.1 Å². The van der Waals surface area contributed by atoms with Crippen LogP contribution in [0.25, 0.3) is 0 Å². The van der Waals surface area contributed by atoms with E-state index in [1.54, 1.807) is 0 Å². The number of amides is 1. The number of hydrogen-bond acceptors (Lipinski definition) is 1. The van der Waals surface area contributed by atoms with E-state index in [1.165, 1.54) is 18.2 Å². The van der Waals surface area contributed by atoms with Crippen LogP contribution >= 0.6 is 15.9 Å². The minimum absolute atomic E-state index is 0.0451. The number of halogens is 2. The SMILES string of the molecule is C#CCC(CC)NC(=O)c1ccc(F)c(Br)c1. The molecule has 0 bridgehead atoms. The third kappa shape index (κ3) is 3.86. The standard InChI is InChI=1S/C13H13BrFNO/c1-3-5-10(4-2)16-13(17)9-6-7-12(15)11(14)8-9/h1,6-8,10H,4-5H2,2H3,(H,16,17). The number of carbonyl (C=O) groups is 1. The predicted molar refractivity (Wildman–Crippen MR) is 69.1 cm³/mol. The first kappa shape index (κ1) is 13.7. The number of carbonyl (C=O) groups excluding carboxylic acids is 1. The molecular weight excluding hydrogens is 285 g/mol. The summed E-state index contributed by atoms with van der Waals surface area (Å²) in [4.78, 5) is 11.8. The molecule has 0 radical (unpaired) electrons. The highest BCUT2D eigenvalue weighted by Gasteiger charge is 2.12. The fourth-order valence-corrected chi connectivity index (χ4v) is 1.72. The van der Waals surface area contributed by atoms with Gasteiger partial charge in [0.1, 0.15) is 5.82 Å². The van der Waals surface area contributed by atoms with E-state index in [2.05, 4.69) is 27.2 Å². The highest BCUT2D eigenvalue weighted by molar-refractivity contribution is 9.10. The third-order valence-corrected chi connectivity index (χ3v) is 2.98. The summed E-state index contributed by atoms with van der Waals surface area (Å²) >= 11 is 3.04. The molecule has 0 aliphatic carbocycles. The largest absolute Gasteiger partial charge is 0.348 e. The van der Waals surface area contributed by atoms with Gasteiger partial charge in [0.05, 0.1) is 4.47 Å². The van der Waals surface area contributed by atoms with Gasteiger partial charge in [-0.2, -0.15) is 0 Å². The first-order chi connectivity index (χ1) is 8.08. The average molecular weight is 298 g/mol. The van der Waals surface area contributed by atoms with E-state index in [0.29, 0.717) is 12.0 Å². The Hall–Kier alpha value is -1.34. The van der Waals surface area contributed by atoms with Gasteiger partial charge in [0.25, 0.3) is 5.91 Å². The smallest absolute Gasteiger partial charge is 0.251 e. The van der Waals surface area contributed by atoms with Crippen molar-refractivity contribution < 1.29 is 9.18 Å². The Morgan fingerprint density at radius 2 is 2.35 bits per heavy atom. The van der Waals surface area contributed by atoms with Crippen molar-refractivity contribution in [1.82, 2.24) is 5.32 Å². The fourth-order valence-electron chi connectivity index (χ4n) is 1.35. The van der Waals surface area contributed by atoms with Crippen molar-refractivity contribution >= 4 is 21.8 Å². The van der Waals surface area contributed by atoms with Crippen LogP contribution in [0.4, 0.5) is 4.39 Å². The number of nitrogens with one attached hydrogen (secondary N) is 1. The molecule has 1 atom stereocenters. The minimum Gasteiger partial charge on any atom is -0.348 e. The lowest BCUT2D eigenvalue weighted by Crippen LogP contribution is -2.34. The molecule has 1 amide bonds. The van der Waals surface area contributed by atoms with Crippen molar-refractivity contribution in [2.45, 2.75) is 25.8 Å². The van der Waals surface area contributed by atoms with E-state index in [1.807, 2.05) is 6.92 Å². The maximum Gasteiger partial charge on any atom is 0.251 e. The fraction of sp³-hybridized carbons (Fsp3) is 0.308. The maximum atomic E-state index is 13.0. The van der Waals surface area contributed by atoms with Gasteiger partial charge in [-0.3, -0.25) is 4.79 Å². The molecule has 1 aromatic rings. The van der Waals surface area contributed by atoms with Gasteiger partial charge in [0.2, 0.25) is 0 Å². The lowest BCUT2D eigenvalue weighted by atomic mass is 10.1. The monoisotopic (exact) mass is 297 g/mol. The molecule has 0 aliphatic rings. The summed E-state index contributed by atoms with van der Waals surface area (Å²) in [7, 11) is 0. The van der Waals surface area contributed by atoms with E-state index in [0.717, 1.165) is 6.42 Å². The van der Waals surface area contributed by atoms with Crippen LogP contribution in [0.1, 0.15) is 30.1 Å². The van der Waals surface area contributed by atoms with Gasteiger partial charge < -0.3 is 5.32 Å². The summed E-state index contributed by atoms with van der Waals surface area (Å²) in [6, 6.07) is 4.10. The second-order valence-electron chi connectivity index (χ2n) is 3.62. The number of hydrogen-bond donors (Lipinski definition) is 1. The molecule has 0 saturated heterocycles. The normalized spacial score (nSPS) is 11.6. The van der Waals surface area contributed by atoms with Crippen molar-refractivity contribution in [1.29, 1.82) is 0 Å². The molecular formula is C13H13BrFNO. The Morgan fingerprint density at radius 1 is 1.65 bits per heavy atom. The van der Waals surface area contributed by atoms with Gasteiger partial charge in [-0.05, 0) is 40.5 Å². The molecule has 4 heteroatoms. The summed E-state index contributed by atoms with van der Waals surface area (Å²) in [5.41, 5.74) is 0.411. The van der Waals surface area contributed by atoms with Gasteiger partial charge in [0.15, 0.2) is 0 Å². The quantitative estimate of drug-likeness (QED) is 0.850.